The van der Waals surface area contributed by atoms with Crippen molar-refractivity contribution in [3.8, 4) is 0 Å². The predicted octanol–water partition coefficient (Wildman–Crippen LogP) is 2.81. The first-order chi connectivity index (χ1) is 15.0. The van der Waals surface area contributed by atoms with Crippen molar-refractivity contribution in [2.75, 3.05) is 6.54 Å². The number of carbonyl (C=O) groups excluding carboxylic acids is 2. The van der Waals surface area contributed by atoms with E-state index in [2.05, 4.69) is 5.32 Å². The van der Waals surface area contributed by atoms with Crippen LogP contribution in [0.5, 0.6) is 0 Å². The first-order valence-corrected chi connectivity index (χ1v) is 11.1. The molecule has 0 radical (unpaired) electrons. The van der Waals surface area contributed by atoms with Gasteiger partial charge in [0.15, 0.2) is 0 Å². The summed E-state index contributed by atoms with van der Waals surface area (Å²) in [5.74, 6) is -0.753. The molecular weight excluding hydrogens is 412 g/mol. The molecule has 2 aromatic rings. The van der Waals surface area contributed by atoms with E-state index >= 15 is 0 Å². The van der Waals surface area contributed by atoms with Crippen LogP contribution in [0.1, 0.15) is 64.5 Å². The van der Waals surface area contributed by atoms with E-state index in [4.69, 9.17) is 0 Å². The molecule has 2 N–H and O–H groups in total. The number of amides is 3. The maximum Gasteiger partial charge on any atom is 0.407 e. The molecule has 9 heteroatoms. The van der Waals surface area contributed by atoms with Crippen LogP contribution < -0.4 is 11.0 Å². The summed E-state index contributed by atoms with van der Waals surface area (Å²) in [6.45, 7) is 6.13. The van der Waals surface area contributed by atoms with E-state index in [1.807, 2.05) is 39.0 Å². The van der Waals surface area contributed by atoms with E-state index in [1.54, 1.807) is 11.6 Å². The molecule has 1 atom stereocenters. The van der Waals surface area contributed by atoms with Crippen LogP contribution in [-0.2, 0) is 23.1 Å². The summed E-state index contributed by atoms with van der Waals surface area (Å²) < 4.78 is 3.06. The monoisotopic (exact) mass is 444 g/mol. The number of imide groups is 1. The van der Waals surface area contributed by atoms with Gasteiger partial charge >= 0.3 is 11.8 Å². The molecular formula is C23H32N4O5. The summed E-state index contributed by atoms with van der Waals surface area (Å²) in [5, 5.41) is 11.7. The second kappa shape index (κ2) is 9.18. The van der Waals surface area contributed by atoms with Gasteiger partial charge in [0.1, 0.15) is 6.04 Å². The Morgan fingerprint density at radius 2 is 1.91 bits per heavy atom. The van der Waals surface area contributed by atoms with Gasteiger partial charge in [0, 0.05) is 25.6 Å². The Morgan fingerprint density at radius 3 is 2.53 bits per heavy atom. The molecule has 3 rings (SSSR count). The fourth-order valence-electron chi connectivity index (χ4n) is 4.43. The highest BCUT2D eigenvalue weighted by Gasteiger charge is 2.31. The minimum absolute atomic E-state index is 0.209. The van der Waals surface area contributed by atoms with Gasteiger partial charge < -0.3 is 10.0 Å². The molecule has 1 aromatic heterocycles. The summed E-state index contributed by atoms with van der Waals surface area (Å²) >= 11 is 0. The lowest BCUT2D eigenvalue weighted by atomic mass is 10.0. The lowest BCUT2D eigenvalue weighted by Gasteiger charge is -2.33. The number of rotatable bonds is 7. The van der Waals surface area contributed by atoms with Gasteiger partial charge in [0.2, 0.25) is 11.8 Å². The zero-order chi connectivity index (χ0) is 23.6. The number of piperidine rings is 1. The highest BCUT2D eigenvalue weighted by molar-refractivity contribution is 6.00. The lowest BCUT2D eigenvalue weighted by Crippen LogP contribution is -2.45. The smallest absolute Gasteiger partial charge is 0.407 e. The van der Waals surface area contributed by atoms with E-state index in [-0.39, 0.29) is 18.0 Å². The molecule has 1 aliphatic heterocycles. The molecule has 0 spiro atoms. The second-order valence-corrected chi connectivity index (χ2v) is 9.38. The van der Waals surface area contributed by atoms with Crippen molar-refractivity contribution >= 4 is 28.9 Å². The van der Waals surface area contributed by atoms with Crippen LogP contribution in [0.2, 0.25) is 0 Å². The Morgan fingerprint density at radius 1 is 1.19 bits per heavy atom. The predicted molar refractivity (Wildman–Crippen MR) is 121 cm³/mol. The van der Waals surface area contributed by atoms with Crippen LogP contribution in [0.25, 0.3) is 11.0 Å². The number of hydrogen-bond donors (Lipinski definition) is 2. The maximum atomic E-state index is 13.0. The van der Waals surface area contributed by atoms with Crippen LogP contribution in [0, 0.1) is 0 Å². The molecule has 1 unspecified atom stereocenters. The number of aryl methyl sites for hydroxylation is 2. The van der Waals surface area contributed by atoms with Crippen molar-refractivity contribution in [1.82, 2.24) is 19.4 Å². The van der Waals surface area contributed by atoms with Gasteiger partial charge in [-0.25, -0.2) is 9.59 Å². The number of carboxylic acid groups (broad SMARTS) is 1. The summed E-state index contributed by atoms with van der Waals surface area (Å²) in [6, 6.07) is 5.00. The molecule has 174 valence electrons. The topological polar surface area (TPSA) is 114 Å². The molecule has 0 bridgehead atoms. The number of para-hydroxylation sites is 1. The van der Waals surface area contributed by atoms with Crippen LogP contribution in [0.4, 0.5) is 4.79 Å². The summed E-state index contributed by atoms with van der Waals surface area (Å²) in [4.78, 5) is 49.8. The summed E-state index contributed by atoms with van der Waals surface area (Å²) in [7, 11) is 1.70. The largest absolute Gasteiger partial charge is 0.465 e. The van der Waals surface area contributed by atoms with Gasteiger partial charge in [-0.1, -0.05) is 18.6 Å². The highest BCUT2D eigenvalue weighted by atomic mass is 16.4. The molecule has 1 saturated heterocycles. The van der Waals surface area contributed by atoms with Gasteiger partial charge in [-0.3, -0.25) is 24.0 Å². The SMILES string of the molecule is Cn1c(=O)n(C2CCC(=O)NC2=O)c2cccc(CCCCCN(C(=O)O)C(C)(C)C)c21. The molecule has 2 heterocycles. The number of nitrogens with zero attached hydrogens (tertiary/aromatic N) is 3. The number of aromatic nitrogens is 2. The number of hydrogen-bond acceptors (Lipinski definition) is 4. The quantitative estimate of drug-likeness (QED) is 0.504. The second-order valence-electron chi connectivity index (χ2n) is 9.38. The molecule has 1 fully saturated rings. The molecule has 32 heavy (non-hydrogen) atoms. The van der Waals surface area contributed by atoms with Crippen molar-refractivity contribution in [2.24, 2.45) is 7.05 Å². The van der Waals surface area contributed by atoms with Crippen LogP contribution >= 0.6 is 0 Å². The number of unbranched alkanes of at least 4 members (excludes halogenated alkanes) is 2. The summed E-state index contributed by atoms with van der Waals surface area (Å²) in [5.41, 5.74) is 1.79. The molecule has 0 saturated carbocycles. The number of fused-ring (bicyclic) bond motifs is 1. The van der Waals surface area contributed by atoms with E-state index in [0.29, 0.717) is 18.5 Å². The van der Waals surface area contributed by atoms with Gasteiger partial charge in [-0.05, 0) is 58.1 Å². The normalized spacial score (nSPS) is 16.9. The zero-order valence-electron chi connectivity index (χ0n) is 19.2. The molecule has 0 aliphatic carbocycles. The van der Waals surface area contributed by atoms with Crippen molar-refractivity contribution < 1.29 is 19.5 Å². The first kappa shape index (κ1) is 23.6. The molecule has 3 amide bonds. The van der Waals surface area contributed by atoms with Crippen molar-refractivity contribution in [1.29, 1.82) is 0 Å². The van der Waals surface area contributed by atoms with Gasteiger partial charge in [-0.2, -0.15) is 0 Å². The standard InChI is InChI=1S/C23H32N4O5/c1-23(2,3)26(22(31)32)14-7-5-6-9-15-10-8-11-16-19(15)25(4)21(30)27(16)17-12-13-18(28)24-20(17)29/h8,10-11,17H,5-7,9,12-14H2,1-4H3,(H,31,32)(H,24,28,29). The highest BCUT2D eigenvalue weighted by Crippen LogP contribution is 2.26. The van der Waals surface area contributed by atoms with Crippen LogP contribution in [0.3, 0.4) is 0 Å². The minimum atomic E-state index is -0.910. The number of benzene rings is 1. The average Bonchev–Trinajstić information content (AvgIpc) is 2.95. The van der Waals surface area contributed by atoms with Gasteiger partial charge in [0.05, 0.1) is 11.0 Å². The van der Waals surface area contributed by atoms with Gasteiger partial charge in [0.25, 0.3) is 0 Å². The Kier molecular flexibility index (Phi) is 6.76. The third kappa shape index (κ3) is 4.71. The third-order valence-corrected chi connectivity index (χ3v) is 6.08. The number of nitrogens with one attached hydrogen (secondary N) is 1. The first-order valence-electron chi connectivity index (χ1n) is 11.1. The number of imidazole rings is 1. The Labute approximate surface area is 187 Å². The molecule has 1 aliphatic rings. The van der Waals surface area contributed by atoms with E-state index in [0.717, 1.165) is 36.8 Å². The molecule has 9 nitrogen and oxygen atoms in total. The fourth-order valence-corrected chi connectivity index (χ4v) is 4.43. The minimum Gasteiger partial charge on any atom is -0.465 e. The van der Waals surface area contributed by atoms with Crippen molar-refractivity contribution in [2.45, 2.75) is 70.9 Å². The summed E-state index contributed by atoms with van der Waals surface area (Å²) in [6.07, 6.45) is 2.82. The van der Waals surface area contributed by atoms with Crippen LogP contribution in [0.15, 0.2) is 23.0 Å². The van der Waals surface area contributed by atoms with E-state index in [1.165, 1.54) is 9.47 Å². The Hall–Kier alpha value is -3.10. The molecule has 1 aromatic carbocycles. The van der Waals surface area contributed by atoms with Crippen molar-refractivity contribution in [3.05, 3.63) is 34.2 Å². The zero-order valence-corrected chi connectivity index (χ0v) is 19.2. The third-order valence-electron chi connectivity index (χ3n) is 6.08. The van der Waals surface area contributed by atoms with Gasteiger partial charge in [-0.15, -0.1) is 0 Å². The Balaban J connectivity index is 1.74. The Bertz CT molecular complexity index is 1090. The fraction of sp³-hybridized carbons (Fsp3) is 0.565. The average molecular weight is 445 g/mol. The van der Waals surface area contributed by atoms with E-state index < -0.39 is 23.6 Å². The maximum absolute atomic E-state index is 13.0. The van der Waals surface area contributed by atoms with Crippen LogP contribution in [-0.4, -0.2) is 49.1 Å². The van der Waals surface area contributed by atoms with E-state index in [9.17, 15) is 24.3 Å². The van der Waals surface area contributed by atoms with Crippen molar-refractivity contribution in [3.63, 3.8) is 0 Å². The lowest BCUT2D eigenvalue weighted by molar-refractivity contribution is -0.135. The number of carbonyl (C=O) groups is 3.